The molecule has 0 radical (unpaired) electrons. The standard InChI is InChI=1S/C16H15ClN2O3/c1-9(11-6-4-3-5-7-11)12-8-13(18-22-12)19-15(20)10(2)14(17)16(19)21/h3-9,15,20H,1-2H3. The van der Waals surface area contributed by atoms with E-state index < -0.39 is 12.1 Å². The monoisotopic (exact) mass is 318 g/mol. The zero-order chi connectivity index (χ0) is 15.9. The number of nitrogens with zero attached hydrogens (tertiary/aromatic N) is 2. The average molecular weight is 319 g/mol. The van der Waals surface area contributed by atoms with Gasteiger partial charge in [0.25, 0.3) is 5.91 Å². The van der Waals surface area contributed by atoms with Gasteiger partial charge in [-0.3, -0.25) is 9.69 Å². The summed E-state index contributed by atoms with van der Waals surface area (Å²) in [6, 6.07) is 11.5. The maximum atomic E-state index is 12.1. The number of aliphatic hydroxyl groups is 1. The lowest BCUT2D eigenvalue weighted by atomic mass is 9.99. The van der Waals surface area contributed by atoms with Gasteiger partial charge in [-0.25, -0.2) is 0 Å². The molecule has 6 heteroatoms. The zero-order valence-corrected chi connectivity index (χ0v) is 12.9. The number of amides is 1. The molecule has 0 fully saturated rings. The number of benzene rings is 1. The van der Waals surface area contributed by atoms with Gasteiger partial charge in [0.1, 0.15) is 10.8 Å². The van der Waals surface area contributed by atoms with Gasteiger partial charge in [-0.1, -0.05) is 54.0 Å². The minimum atomic E-state index is -1.11. The molecule has 2 atom stereocenters. The molecule has 0 saturated carbocycles. The van der Waals surface area contributed by atoms with Gasteiger partial charge in [-0.15, -0.1) is 0 Å². The Kier molecular flexibility index (Phi) is 3.76. The third kappa shape index (κ3) is 2.32. The van der Waals surface area contributed by atoms with Crippen LogP contribution in [0.15, 0.2) is 51.5 Å². The Hall–Kier alpha value is -2.11. The van der Waals surface area contributed by atoms with Crippen molar-refractivity contribution in [2.45, 2.75) is 26.0 Å². The van der Waals surface area contributed by atoms with Gasteiger partial charge < -0.3 is 9.63 Å². The number of hydrogen-bond acceptors (Lipinski definition) is 4. The Balaban J connectivity index is 1.88. The molecule has 2 heterocycles. The van der Waals surface area contributed by atoms with Crippen LogP contribution in [-0.4, -0.2) is 22.4 Å². The smallest absolute Gasteiger partial charge is 0.273 e. The Morgan fingerprint density at radius 3 is 2.64 bits per heavy atom. The van der Waals surface area contributed by atoms with Gasteiger partial charge in [-0.2, -0.15) is 0 Å². The Labute approximate surface area is 132 Å². The van der Waals surface area contributed by atoms with Crippen molar-refractivity contribution in [1.29, 1.82) is 0 Å². The van der Waals surface area contributed by atoms with Crippen LogP contribution in [-0.2, 0) is 4.79 Å². The van der Waals surface area contributed by atoms with Crippen molar-refractivity contribution in [3.8, 4) is 0 Å². The number of aliphatic hydroxyl groups excluding tert-OH is 1. The van der Waals surface area contributed by atoms with E-state index >= 15 is 0 Å². The van der Waals surface area contributed by atoms with Crippen LogP contribution in [0.2, 0.25) is 0 Å². The molecule has 2 unspecified atom stereocenters. The van der Waals surface area contributed by atoms with Crippen LogP contribution in [0.1, 0.15) is 31.1 Å². The Morgan fingerprint density at radius 2 is 2.05 bits per heavy atom. The fraction of sp³-hybridized carbons (Fsp3) is 0.250. The molecule has 5 nitrogen and oxygen atoms in total. The number of aromatic nitrogens is 1. The van der Waals surface area contributed by atoms with E-state index in [4.69, 9.17) is 16.1 Å². The van der Waals surface area contributed by atoms with Crippen molar-refractivity contribution in [3.63, 3.8) is 0 Å². The fourth-order valence-corrected chi connectivity index (χ4v) is 2.61. The topological polar surface area (TPSA) is 66.6 Å². The lowest BCUT2D eigenvalue weighted by molar-refractivity contribution is -0.115. The molecule has 1 amide bonds. The summed E-state index contributed by atoms with van der Waals surface area (Å²) in [5, 5.41) is 14.0. The molecule has 1 aromatic carbocycles. The van der Waals surface area contributed by atoms with Crippen LogP contribution >= 0.6 is 11.6 Å². The Morgan fingerprint density at radius 1 is 1.36 bits per heavy atom. The van der Waals surface area contributed by atoms with Gasteiger partial charge in [0.2, 0.25) is 0 Å². The number of carbonyl (C=O) groups excluding carboxylic acids is 1. The molecule has 1 aliphatic rings. The van der Waals surface area contributed by atoms with Crippen molar-refractivity contribution in [2.24, 2.45) is 0 Å². The highest BCUT2D eigenvalue weighted by atomic mass is 35.5. The number of carbonyl (C=O) groups is 1. The molecule has 3 rings (SSSR count). The largest absolute Gasteiger partial charge is 0.369 e. The minimum Gasteiger partial charge on any atom is -0.369 e. The molecule has 1 aromatic heterocycles. The van der Waals surface area contributed by atoms with Gasteiger partial charge in [-0.05, 0) is 12.5 Å². The summed E-state index contributed by atoms with van der Waals surface area (Å²) in [7, 11) is 0. The summed E-state index contributed by atoms with van der Waals surface area (Å²) in [4.78, 5) is 13.2. The van der Waals surface area contributed by atoms with E-state index in [9.17, 15) is 9.90 Å². The van der Waals surface area contributed by atoms with E-state index in [2.05, 4.69) is 5.16 Å². The molecule has 0 bridgehead atoms. The van der Waals surface area contributed by atoms with E-state index in [1.165, 1.54) is 0 Å². The number of hydrogen-bond donors (Lipinski definition) is 1. The lowest BCUT2D eigenvalue weighted by Crippen LogP contribution is -2.35. The van der Waals surface area contributed by atoms with Crippen molar-refractivity contribution in [1.82, 2.24) is 5.16 Å². The molecule has 0 spiro atoms. The van der Waals surface area contributed by atoms with Crippen LogP contribution in [0.4, 0.5) is 5.82 Å². The fourth-order valence-electron chi connectivity index (χ4n) is 2.42. The van der Waals surface area contributed by atoms with E-state index in [1.807, 2.05) is 37.3 Å². The maximum Gasteiger partial charge on any atom is 0.273 e. The molecular weight excluding hydrogens is 304 g/mol. The molecule has 0 saturated heterocycles. The summed E-state index contributed by atoms with van der Waals surface area (Å²) in [6.45, 7) is 3.59. The molecular formula is C16H15ClN2O3. The van der Waals surface area contributed by atoms with E-state index in [-0.39, 0.29) is 16.8 Å². The van der Waals surface area contributed by atoms with Gasteiger partial charge >= 0.3 is 0 Å². The molecule has 2 aromatic rings. The van der Waals surface area contributed by atoms with Gasteiger partial charge in [0, 0.05) is 17.6 Å². The van der Waals surface area contributed by atoms with Crippen LogP contribution in [0.5, 0.6) is 0 Å². The SMILES string of the molecule is CC1=C(Cl)C(=O)N(c2cc(C(C)c3ccccc3)on2)C1O. The van der Waals surface area contributed by atoms with Crippen molar-refractivity contribution < 1.29 is 14.4 Å². The van der Waals surface area contributed by atoms with E-state index in [1.54, 1.807) is 13.0 Å². The quantitative estimate of drug-likeness (QED) is 0.944. The number of anilines is 1. The van der Waals surface area contributed by atoms with Crippen LogP contribution in [0.25, 0.3) is 0 Å². The van der Waals surface area contributed by atoms with E-state index in [0.29, 0.717) is 11.3 Å². The molecule has 0 aliphatic carbocycles. The summed E-state index contributed by atoms with van der Waals surface area (Å²) >= 11 is 5.89. The van der Waals surface area contributed by atoms with Crippen LogP contribution in [0.3, 0.4) is 0 Å². The van der Waals surface area contributed by atoms with E-state index in [0.717, 1.165) is 10.5 Å². The predicted octanol–water partition coefficient (Wildman–Crippen LogP) is 3.00. The normalized spacial score (nSPS) is 19.9. The molecule has 114 valence electrons. The second-order valence-electron chi connectivity index (χ2n) is 5.27. The van der Waals surface area contributed by atoms with Crippen molar-refractivity contribution in [3.05, 3.63) is 58.3 Å². The van der Waals surface area contributed by atoms with Crippen molar-refractivity contribution >= 4 is 23.3 Å². The number of rotatable bonds is 3. The first-order valence-electron chi connectivity index (χ1n) is 6.90. The highest BCUT2D eigenvalue weighted by molar-refractivity contribution is 6.45. The van der Waals surface area contributed by atoms with Gasteiger partial charge in [0.15, 0.2) is 12.0 Å². The van der Waals surface area contributed by atoms with Crippen molar-refractivity contribution in [2.75, 3.05) is 4.90 Å². The first-order valence-corrected chi connectivity index (χ1v) is 7.28. The molecule has 1 aliphatic heterocycles. The highest BCUT2D eigenvalue weighted by Gasteiger charge is 2.38. The number of halogens is 1. The predicted molar refractivity (Wildman–Crippen MR) is 82.5 cm³/mol. The third-order valence-corrected chi connectivity index (χ3v) is 4.33. The van der Waals surface area contributed by atoms with Gasteiger partial charge in [0.05, 0.1) is 0 Å². The maximum absolute atomic E-state index is 12.1. The highest BCUT2D eigenvalue weighted by Crippen LogP contribution is 2.33. The summed E-state index contributed by atoms with van der Waals surface area (Å²) in [6.07, 6.45) is -1.11. The molecule has 1 N–H and O–H groups in total. The lowest BCUT2D eigenvalue weighted by Gasteiger charge is -2.17. The second kappa shape index (κ2) is 5.59. The first-order chi connectivity index (χ1) is 10.5. The summed E-state index contributed by atoms with van der Waals surface area (Å²) in [5.74, 6) is 0.382. The molecule has 22 heavy (non-hydrogen) atoms. The minimum absolute atomic E-state index is 0.0122. The summed E-state index contributed by atoms with van der Waals surface area (Å²) < 4.78 is 5.34. The average Bonchev–Trinajstić information content (AvgIpc) is 3.08. The second-order valence-corrected chi connectivity index (χ2v) is 5.64. The van der Waals surface area contributed by atoms with Crippen LogP contribution < -0.4 is 4.90 Å². The zero-order valence-electron chi connectivity index (χ0n) is 12.2. The Bertz CT molecular complexity index is 739. The third-order valence-electron chi connectivity index (χ3n) is 3.87. The van der Waals surface area contributed by atoms with Crippen LogP contribution in [0, 0.1) is 0 Å². The first kappa shape index (κ1) is 14.8. The summed E-state index contributed by atoms with van der Waals surface area (Å²) in [5.41, 5.74) is 1.48.